The minimum absolute atomic E-state index is 0.142. The summed E-state index contributed by atoms with van der Waals surface area (Å²) in [6, 6.07) is 10.5. The van der Waals surface area contributed by atoms with E-state index in [1.54, 1.807) is 7.11 Å². The summed E-state index contributed by atoms with van der Waals surface area (Å²) < 4.78 is 7.49. The molecule has 0 fully saturated rings. The van der Waals surface area contributed by atoms with Crippen molar-refractivity contribution in [2.75, 3.05) is 25.1 Å². The number of fused-ring (bicyclic) bond motifs is 1. The minimum atomic E-state index is -0.142. The third-order valence-corrected chi connectivity index (χ3v) is 7.11. The highest BCUT2D eigenvalue weighted by Crippen LogP contribution is 2.31. The van der Waals surface area contributed by atoms with Gasteiger partial charge in [-0.05, 0) is 50.6 Å². The molecule has 0 saturated heterocycles. The lowest BCUT2D eigenvalue weighted by Gasteiger charge is -2.20. The molecule has 7 heteroatoms. The van der Waals surface area contributed by atoms with Crippen LogP contribution in [0.5, 0.6) is 5.75 Å². The van der Waals surface area contributed by atoms with Gasteiger partial charge in [0.1, 0.15) is 5.75 Å². The van der Waals surface area contributed by atoms with E-state index in [1.165, 1.54) is 22.7 Å². The summed E-state index contributed by atoms with van der Waals surface area (Å²) in [5, 5.41) is 16.5. The van der Waals surface area contributed by atoms with Crippen molar-refractivity contribution in [3.63, 3.8) is 0 Å². The van der Waals surface area contributed by atoms with Gasteiger partial charge in [0.25, 0.3) is 0 Å². The summed E-state index contributed by atoms with van der Waals surface area (Å²) in [7, 11) is 1.68. The molecule has 0 aliphatic heterocycles. The number of unbranched alkanes of at least 4 members (excludes halogenated alkanes) is 1. The molecule has 0 aliphatic rings. The number of ether oxygens (including phenoxy) is 1. The third kappa shape index (κ3) is 4.67. The maximum atomic E-state index is 5.62. The quantitative estimate of drug-likeness (QED) is 0.329. The molecule has 3 heterocycles. The van der Waals surface area contributed by atoms with Crippen LogP contribution in [0.15, 0.2) is 30.3 Å². The Labute approximate surface area is 206 Å². The standard InChI is InChI=1S/C27H35N5OS/c1-8-10-15-31(9-2)23-14-12-19(34-23)17-21-24(27(4,5)6)30-32-25(28-29-26(21)32)20-16-18(3)11-13-22(20)33-7/h11-14,16-17H,8-10,15H2,1-7H3/b21-17-. The van der Waals surface area contributed by atoms with Gasteiger partial charge in [0.2, 0.25) is 0 Å². The molecule has 0 N–H and O–H groups in total. The Morgan fingerprint density at radius 3 is 2.59 bits per heavy atom. The summed E-state index contributed by atoms with van der Waals surface area (Å²) in [4.78, 5) is 3.65. The first-order valence-electron chi connectivity index (χ1n) is 12.0. The average molecular weight is 478 g/mol. The Bertz CT molecular complexity index is 1330. The summed E-state index contributed by atoms with van der Waals surface area (Å²) in [6.45, 7) is 15.2. The fraction of sp³-hybridized carbons (Fsp3) is 0.444. The number of methoxy groups -OCH3 is 1. The number of rotatable bonds is 8. The molecular weight excluding hydrogens is 442 g/mol. The van der Waals surface area contributed by atoms with Crippen LogP contribution in [0.4, 0.5) is 5.00 Å². The highest BCUT2D eigenvalue weighted by molar-refractivity contribution is 7.16. The number of benzene rings is 1. The average Bonchev–Trinajstić information content (AvgIpc) is 3.51. The molecule has 0 amide bonds. The smallest absolute Gasteiger partial charge is 0.189 e. The van der Waals surface area contributed by atoms with Gasteiger partial charge in [-0.3, -0.25) is 0 Å². The monoisotopic (exact) mass is 477 g/mol. The van der Waals surface area contributed by atoms with Crippen LogP contribution >= 0.6 is 11.3 Å². The van der Waals surface area contributed by atoms with Crippen molar-refractivity contribution < 1.29 is 4.74 Å². The number of aryl methyl sites for hydroxylation is 1. The highest BCUT2D eigenvalue weighted by atomic mass is 32.1. The molecular formula is C27H35N5OS. The van der Waals surface area contributed by atoms with Gasteiger partial charge in [0, 0.05) is 28.6 Å². The predicted molar refractivity (Wildman–Crippen MR) is 142 cm³/mol. The third-order valence-electron chi connectivity index (χ3n) is 6.02. The Morgan fingerprint density at radius 1 is 1.12 bits per heavy atom. The second-order valence-electron chi connectivity index (χ2n) is 9.73. The topological polar surface area (TPSA) is 55.6 Å². The van der Waals surface area contributed by atoms with Crippen molar-refractivity contribution >= 4 is 28.1 Å². The van der Waals surface area contributed by atoms with E-state index in [4.69, 9.17) is 9.84 Å². The van der Waals surface area contributed by atoms with Crippen LogP contribution in [-0.4, -0.2) is 40.0 Å². The van der Waals surface area contributed by atoms with Gasteiger partial charge in [-0.15, -0.1) is 21.5 Å². The number of aromatic nitrogens is 4. The van der Waals surface area contributed by atoms with E-state index >= 15 is 0 Å². The van der Waals surface area contributed by atoms with Gasteiger partial charge >= 0.3 is 0 Å². The first kappa shape index (κ1) is 24.2. The van der Waals surface area contributed by atoms with E-state index < -0.39 is 0 Å². The molecule has 0 unspecified atom stereocenters. The molecule has 0 saturated carbocycles. The van der Waals surface area contributed by atoms with Crippen molar-refractivity contribution in [2.24, 2.45) is 0 Å². The van der Waals surface area contributed by atoms with Gasteiger partial charge < -0.3 is 9.64 Å². The highest BCUT2D eigenvalue weighted by Gasteiger charge is 2.25. The second-order valence-corrected chi connectivity index (χ2v) is 10.8. The zero-order chi connectivity index (χ0) is 24.5. The Morgan fingerprint density at radius 2 is 1.91 bits per heavy atom. The molecule has 4 rings (SSSR count). The van der Waals surface area contributed by atoms with E-state index in [9.17, 15) is 0 Å². The zero-order valence-electron chi connectivity index (χ0n) is 21.3. The minimum Gasteiger partial charge on any atom is -0.496 e. The lowest BCUT2D eigenvalue weighted by atomic mass is 9.91. The van der Waals surface area contributed by atoms with Crippen LogP contribution in [0.2, 0.25) is 0 Å². The van der Waals surface area contributed by atoms with Crippen LogP contribution in [0, 0.1) is 6.92 Å². The number of nitrogens with zero attached hydrogens (tertiary/aromatic N) is 5. The van der Waals surface area contributed by atoms with Gasteiger partial charge in [-0.2, -0.15) is 9.61 Å². The molecule has 1 aromatic carbocycles. The molecule has 0 aliphatic carbocycles. The first-order valence-corrected chi connectivity index (χ1v) is 12.9. The molecule has 6 nitrogen and oxygen atoms in total. The molecule has 0 spiro atoms. The lowest BCUT2D eigenvalue weighted by Crippen LogP contribution is -2.22. The molecule has 34 heavy (non-hydrogen) atoms. The summed E-state index contributed by atoms with van der Waals surface area (Å²) >= 11 is 1.82. The van der Waals surface area contributed by atoms with Crippen molar-refractivity contribution in [3.8, 4) is 17.1 Å². The Hall–Kier alpha value is -2.93. The van der Waals surface area contributed by atoms with Crippen LogP contribution in [-0.2, 0) is 5.41 Å². The number of anilines is 1. The fourth-order valence-corrected chi connectivity index (χ4v) is 5.20. The van der Waals surface area contributed by atoms with Gasteiger partial charge in [-0.1, -0.05) is 45.7 Å². The largest absolute Gasteiger partial charge is 0.496 e. The van der Waals surface area contributed by atoms with E-state index in [0.29, 0.717) is 5.82 Å². The number of hydrogen-bond donors (Lipinski definition) is 0. The molecule has 3 aromatic heterocycles. The van der Waals surface area contributed by atoms with E-state index in [-0.39, 0.29) is 5.41 Å². The second kappa shape index (κ2) is 9.74. The predicted octanol–water partition coefficient (Wildman–Crippen LogP) is 5.64. The van der Waals surface area contributed by atoms with Crippen molar-refractivity contribution in [1.82, 2.24) is 19.8 Å². The molecule has 0 atom stereocenters. The molecule has 4 aromatic rings. The fourth-order valence-electron chi connectivity index (χ4n) is 4.16. The van der Waals surface area contributed by atoms with Gasteiger partial charge in [-0.25, -0.2) is 0 Å². The molecule has 180 valence electrons. The Balaban J connectivity index is 1.86. The van der Waals surface area contributed by atoms with Crippen molar-refractivity contribution in [3.05, 3.63) is 51.7 Å². The first-order chi connectivity index (χ1) is 16.3. The maximum absolute atomic E-state index is 5.62. The molecule has 0 bridgehead atoms. The summed E-state index contributed by atoms with van der Waals surface area (Å²) in [5.41, 5.74) is 3.68. The lowest BCUT2D eigenvalue weighted by molar-refractivity contribution is 0.416. The maximum Gasteiger partial charge on any atom is 0.189 e. The van der Waals surface area contributed by atoms with E-state index in [0.717, 1.165) is 46.5 Å². The Kier molecular flexibility index (Phi) is 6.94. The van der Waals surface area contributed by atoms with Gasteiger partial charge in [0.15, 0.2) is 11.5 Å². The van der Waals surface area contributed by atoms with Crippen LogP contribution < -0.4 is 14.9 Å². The summed E-state index contributed by atoms with van der Waals surface area (Å²) in [6.07, 6.45) is 4.63. The van der Waals surface area contributed by atoms with Gasteiger partial charge in [0.05, 0.1) is 23.4 Å². The van der Waals surface area contributed by atoms with Crippen LogP contribution in [0.25, 0.3) is 23.1 Å². The van der Waals surface area contributed by atoms with E-state index in [2.05, 4.69) is 80.9 Å². The number of hydrogen-bond acceptors (Lipinski definition) is 6. The molecule has 0 radical (unpaired) electrons. The summed E-state index contributed by atoms with van der Waals surface area (Å²) in [5.74, 6) is 1.46. The van der Waals surface area contributed by atoms with Crippen LogP contribution in [0.3, 0.4) is 0 Å². The zero-order valence-corrected chi connectivity index (χ0v) is 22.2. The van der Waals surface area contributed by atoms with Crippen molar-refractivity contribution in [1.29, 1.82) is 0 Å². The SMILES string of the molecule is CCCCN(CC)c1ccc(/C=c2/c(C(C)(C)C)nn3c(-c4cc(C)ccc4OC)nnc23)s1. The normalized spacial score (nSPS) is 12.6. The van der Waals surface area contributed by atoms with Crippen molar-refractivity contribution in [2.45, 2.75) is 59.8 Å². The van der Waals surface area contributed by atoms with E-state index in [1.807, 2.05) is 28.0 Å². The number of thiophene rings is 1. The van der Waals surface area contributed by atoms with Crippen LogP contribution in [0.1, 0.15) is 63.6 Å².